The number of hydrogen-bond donors (Lipinski definition) is 2. The molecule has 1 saturated heterocycles. The minimum atomic E-state index is 0.768. The average Bonchev–Trinajstić information content (AvgIpc) is 2.93. The first kappa shape index (κ1) is 12.4. The topological polar surface area (TPSA) is 56.8 Å². The number of H-pyrrole nitrogens is 1. The predicted molar refractivity (Wildman–Crippen MR) is 76.6 cm³/mol. The van der Waals surface area contributed by atoms with Crippen LogP contribution in [0.5, 0.6) is 0 Å². The van der Waals surface area contributed by atoms with E-state index in [2.05, 4.69) is 25.4 Å². The van der Waals surface area contributed by atoms with E-state index in [-0.39, 0.29) is 0 Å². The molecular formula is C13H16ClN5. The van der Waals surface area contributed by atoms with Crippen LogP contribution in [0.25, 0.3) is 11.4 Å². The lowest BCUT2D eigenvalue weighted by molar-refractivity contribution is 0.580. The summed E-state index contributed by atoms with van der Waals surface area (Å²) in [5, 5.41) is 11.4. The number of aryl methyl sites for hydroxylation is 1. The zero-order valence-corrected chi connectivity index (χ0v) is 11.5. The van der Waals surface area contributed by atoms with E-state index >= 15 is 0 Å². The Kier molecular flexibility index (Phi) is 3.40. The number of nitrogens with one attached hydrogen (secondary N) is 2. The fourth-order valence-electron chi connectivity index (χ4n) is 2.18. The van der Waals surface area contributed by atoms with Gasteiger partial charge in [-0.05, 0) is 30.7 Å². The van der Waals surface area contributed by atoms with Crippen LogP contribution in [-0.2, 0) is 0 Å². The average molecular weight is 278 g/mol. The molecule has 19 heavy (non-hydrogen) atoms. The van der Waals surface area contributed by atoms with Crippen LogP contribution in [0.4, 0.5) is 5.95 Å². The van der Waals surface area contributed by atoms with E-state index < -0.39 is 0 Å². The molecule has 1 aromatic carbocycles. The molecule has 6 heteroatoms. The zero-order chi connectivity index (χ0) is 13.2. The van der Waals surface area contributed by atoms with Gasteiger partial charge in [-0.25, -0.2) is 0 Å². The molecule has 0 atom stereocenters. The summed E-state index contributed by atoms with van der Waals surface area (Å²) in [4.78, 5) is 6.74. The smallest absolute Gasteiger partial charge is 0.245 e. The third-order valence-electron chi connectivity index (χ3n) is 3.30. The van der Waals surface area contributed by atoms with Crippen LogP contribution < -0.4 is 10.2 Å². The van der Waals surface area contributed by atoms with Crippen LogP contribution in [0.1, 0.15) is 5.56 Å². The maximum Gasteiger partial charge on any atom is 0.245 e. The van der Waals surface area contributed by atoms with Crippen molar-refractivity contribution in [2.24, 2.45) is 0 Å². The maximum atomic E-state index is 6.03. The molecular weight excluding hydrogens is 262 g/mol. The van der Waals surface area contributed by atoms with Crippen LogP contribution in [0.3, 0.4) is 0 Å². The summed E-state index contributed by atoms with van der Waals surface area (Å²) in [5.41, 5.74) is 2.05. The molecule has 1 fully saturated rings. The highest BCUT2D eigenvalue weighted by molar-refractivity contribution is 6.31. The third-order valence-corrected chi connectivity index (χ3v) is 3.73. The van der Waals surface area contributed by atoms with Gasteiger partial charge in [0.25, 0.3) is 0 Å². The number of aromatic nitrogens is 3. The normalized spacial score (nSPS) is 15.8. The number of rotatable bonds is 2. The Balaban J connectivity index is 1.85. The van der Waals surface area contributed by atoms with Crippen molar-refractivity contribution < 1.29 is 0 Å². The second-order valence-corrected chi connectivity index (χ2v) is 5.09. The molecule has 0 spiro atoms. The molecule has 1 aliphatic rings. The van der Waals surface area contributed by atoms with E-state index in [1.807, 2.05) is 25.1 Å². The number of benzene rings is 1. The van der Waals surface area contributed by atoms with Crippen molar-refractivity contribution in [3.8, 4) is 11.4 Å². The number of aromatic amines is 1. The van der Waals surface area contributed by atoms with Gasteiger partial charge >= 0.3 is 0 Å². The summed E-state index contributed by atoms with van der Waals surface area (Å²) in [6.07, 6.45) is 0. The Morgan fingerprint density at radius 3 is 2.79 bits per heavy atom. The van der Waals surface area contributed by atoms with Crippen molar-refractivity contribution in [1.82, 2.24) is 20.5 Å². The molecule has 1 aromatic heterocycles. The van der Waals surface area contributed by atoms with Crippen LogP contribution in [-0.4, -0.2) is 41.4 Å². The van der Waals surface area contributed by atoms with E-state index in [4.69, 9.17) is 11.6 Å². The first-order chi connectivity index (χ1) is 9.24. The minimum absolute atomic E-state index is 0.768. The predicted octanol–water partition coefficient (Wildman–Crippen LogP) is 1.84. The molecule has 2 N–H and O–H groups in total. The Labute approximate surface area is 117 Å². The molecule has 3 rings (SSSR count). The van der Waals surface area contributed by atoms with E-state index in [0.29, 0.717) is 0 Å². The largest absolute Gasteiger partial charge is 0.337 e. The summed E-state index contributed by atoms with van der Waals surface area (Å²) in [6, 6.07) is 5.86. The van der Waals surface area contributed by atoms with Gasteiger partial charge in [-0.1, -0.05) is 11.6 Å². The fourth-order valence-corrected chi connectivity index (χ4v) is 2.30. The first-order valence-corrected chi connectivity index (χ1v) is 6.76. The van der Waals surface area contributed by atoms with Gasteiger partial charge in [0.1, 0.15) is 0 Å². The van der Waals surface area contributed by atoms with Crippen molar-refractivity contribution in [2.75, 3.05) is 31.1 Å². The Morgan fingerprint density at radius 1 is 1.26 bits per heavy atom. The van der Waals surface area contributed by atoms with E-state index in [9.17, 15) is 0 Å². The van der Waals surface area contributed by atoms with Gasteiger partial charge < -0.3 is 10.2 Å². The molecule has 0 aliphatic carbocycles. The van der Waals surface area contributed by atoms with Crippen molar-refractivity contribution in [2.45, 2.75) is 6.92 Å². The molecule has 0 bridgehead atoms. The Morgan fingerprint density at radius 2 is 2.05 bits per heavy atom. The van der Waals surface area contributed by atoms with Gasteiger partial charge in [-0.3, -0.25) is 5.10 Å². The molecule has 2 aromatic rings. The Hall–Kier alpha value is -1.59. The van der Waals surface area contributed by atoms with Crippen LogP contribution in [0, 0.1) is 6.92 Å². The van der Waals surface area contributed by atoms with E-state index in [1.54, 1.807) is 0 Å². The maximum absolute atomic E-state index is 6.03. The van der Waals surface area contributed by atoms with Crippen molar-refractivity contribution in [3.63, 3.8) is 0 Å². The summed E-state index contributed by atoms with van der Waals surface area (Å²) >= 11 is 6.03. The number of halogens is 1. The summed E-state index contributed by atoms with van der Waals surface area (Å²) in [6.45, 7) is 5.82. The fraction of sp³-hybridized carbons (Fsp3) is 0.385. The molecule has 0 amide bonds. The number of nitrogens with zero attached hydrogens (tertiary/aromatic N) is 3. The van der Waals surface area contributed by atoms with Crippen molar-refractivity contribution >= 4 is 17.5 Å². The number of anilines is 1. The second kappa shape index (κ2) is 5.19. The van der Waals surface area contributed by atoms with Crippen molar-refractivity contribution in [1.29, 1.82) is 0 Å². The highest BCUT2D eigenvalue weighted by Gasteiger charge is 2.15. The van der Waals surface area contributed by atoms with Gasteiger partial charge in [-0.15, -0.1) is 5.10 Å². The first-order valence-electron chi connectivity index (χ1n) is 6.38. The van der Waals surface area contributed by atoms with Gasteiger partial charge in [0, 0.05) is 36.8 Å². The van der Waals surface area contributed by atoms with Crippen LogP contribution >= 0.6 is 11.6 Å². The van der Waals surface area contributed by atoms with Crippen LogP contribution in [0.2, 0.25) is 5.02 Å². The molecule has 0 unspecified atom stereocenters. The lowest BCUT2D eigenvalue weighted by atomic mass is 10.1. The van der Waals surface area contributed by atoms with E-state index in [0.717, 1.165) is 54.1 Å². The Bertz CT molecular complexity index is 574. The standard InChI is InChI=1S/C13H16ClN5/c1-9-8-10(2-3-11(9)14)12-16-13(18-17-12)19-6-4-15-5-7-19/h2-3,8,15H,4-7H2,1H3,(H,16,17,18). The van der Waals surface area contributed by atoms with Gasteiger partial charge in [0.15, 0.2) is 5.82 Å². The lowest BCUT2D eigenvalue weighted by Crippen LogP contribution is -2.44. The quantitative estimate of drug-likeness (QED) is 0.880. The van der Waals surface area contributed by atoms with Crippen LogP contribution in [0.15, 0.2) is 18.2 Å². The second-order valence-electron chi connectivity index (χ2n) is 4.69. The number of piperazine rings is 1. The summed E-state index contributed by atoms with van der Waals surface area (Å²) in [5.74, 6) is 1.55. The van der Waals surface area contributed by atoms with Gasteiger partial charge in [0.05, 0.1) is 0 Å². The molecule has 2 heterocycles. The molecule has 100 valence electrons. The molecule has 0 radical (unpaired) electrons. The molecule has 0 saturated carbocycles. The lowest BCUT2D eigenvalue weighted by Gasteiger charge is -2.25. The van der Waals surface area contributed by atoms with E-state index in [1.165, 1.54) is 0 Å². The highest BCUT2D eigenvalue weighted by Crippen LogP contribution is 2.23. The number of hydrogen-bond acceptors (Lipinski definition) is 4. The monoisotopic (exact) mass is 277 g/mol. The minimum Gasteiger partial charge on any atom is -0.337 e. The SMILES string of the molecule is Cc1cc(-c2nc(N3CCNCC3)n[nH]2)ccc1Cl. The third kappa shape index (κ3) is 2.57. The zero-order valence-electron chi connectivity index (χ0n) is 10.8. The van der Waals surface area contributed by atoms with Gasteiger partial charge in [0.2, 0.25) is 5.95 Å². The van der Waals surface area contributed by atoms with Gasteiger partial charge in [-0.2, -0.15) is 4.98 Å². The van der Waals surface area contributed by atoms with Crippen molar-refractivity contribution in [3.05, 3.63) is 28.8 Å². The highest BCUT2D eigenvalue weighted by atomic mass is 35.5. The molecule has 5 nitrogen and oxygen atoms in total. The summed E-state index contributed by atoms with van der Waals surface area (Å²) < 4.78 is 0. The molecule has 1 aliphatic heterocycles. The summed E-state index contributed by atoms with van der Waals surface area (Å²) in [7, 11) is 0.